The van der Waals surface area contributed by atoms with Crippen LogP contribution in [0.4, 0.5) is 0 Å². The molecular weight excluding hydrogens is 178 g/mol. The fourth-order valence-corrected chi connectivity index (χ4v) is 1.23. The molecule has 0 saturated heterocycles. The largest absolute Gasteiger partial charge is 0.316 e. The van der Waals surface area contributed by atoms with Gasteiger partial charge in [-0.3, -0.25) is 9.58 Å². The van der Waals surface area contributed by atoms with Crippen molar-refractivity contribution in [1.29, 1.82) is 0 Å². The first kappa shape index (κ1) is 11.1. The number of rotatable bonds is 6. The molecule has 0 radical (unpaired) electrons. The molecule has 0 atom stereocenters. The van der Waals surface area contributed by atoms with Crippen LogP contribution in [0, 0.1) is 0 Å². The molecule has 1 aromatic rings. The van der Waals surface area contributed by atoms with Crippen LogP contribution >= 0.6 is 0 Å². The number of aromatic nitrogens is 3. The summed E-state index contributed by atoms with van der Waals surface area (Å²) >= 11 is 0. The van der Waals surface area contributed by atoms with E-state index in [4.69, 9.17) is 0 Å². The molecule has 0 aromatic carbocycles. The molecule has 0 spiro atoms. The highest BCUT2D eigenvalue weighted by molar-refractivity contribution is 4.82. The molecule has 5 nitrogen and oxygen atoms in total. The Kier molecular flexibility index (Phi) is 4.55. The third kappa shape index (κ3) is 3.43. The van der Waals surface area contributed by atoms with Crippen LogP contribution < -0.4 is 5.32 Å². The highest BCUT2D eigenvalue weighted by Crippen LogP contribution is 1.95. The predicted octanol–water partition coefficient (Wildman–Crippen LogP) is -0.144. The summed E-state index contributed by atoms with van der Waals surface area (Å²) in [6.45, 7) is 6.04. The van der Waals surface area contributed by atoms with Gasteiger partial charge < -0.3 is 5.32 Å². The number of nitrogens with one attached hydrogen (secondary N) is 1. The maximum atomic E-state index is 4.17. The van der Waals surface area contributed by atoms with Gasteiger partial charge in [0.1, 0.15) is 12.2 Å². The summed E-state index contributed by atoms with van der Waals surface area (Å²) in [7, 11) is 4.01. The Bertz CT molecular complexity index is 257. The topological polar surface area (TPSA) is 46.0 Å². The molecule has 0 amide bonds. The van der Waals surface area contributed by atoms with Gasteiger partial charge >= 0.3 is 0 Å². The Hall–Kier alpha value is -0.940. The van der Waals surface area contributed by atoms with E-state index in [1.807, 2.05) is 11.7 Å². The van der Waals surface area contributed by atoms with Gasteiger partial charge in [-0.05, 0) is 13.6 Å². The van der Waals surface area contributed by atoms with E-state index in [2.05, 4.69) is 34.3 Å². The number of aryl methyl sites for hydroxylation is 1. The number of nitrogens with zero attached hydrogens (tertiary/aromatic N) is 4. The van der Waals surface area contributed by atoms with Gasteiger partial charge in [0.15, 0.2) is 0 Å². The van der Waals surface area contributed by atoms with Gasteiger partial charge in [0.25, 0.3) is 0 Å². The molecule has 0 fully saturated rings. The molecule has 1 aromatic heterocycles. The molecule has 0 saturated carbocycles. The minimum atomic E-state index is 0.849. The van der Waals surface area contributed by atoms with Gasteiger partial charge in [-0.25, -0.2) is 4.98 Å². The van der Waals surface area contributed by atoms with Crippen molar-refractivity contribution in [3.8, 4) is 0 Å². The van der Waals surface area contributed by atoms with Gasteiger partial charge in [-0.1, -0.05) is 6.92 Å². The van der Waals surface area contributed by atoms with Crippen LogP contribution in [-0.4, -0.2) is 46.3 Å². The highest BCUT2D eigenvalue weighted by Gasteiger charge is 2.04. The summed E-state index contributed by atoms with van der Waals surface area (Å²) in [5.74, 6) is 1.00. The first-order valence-corrected chi connectivity index (χ1v) is 4.96. The maximum Gasteiger partial charge on any atom is 0.140 e. The molecule has 14 heavy (non-hydrogen) atoms. The summed E-state index contributed by atoms with van der Waals surface area (Å²) in [5, 5.41) is 7.32. The zero-order valence-electron chi connectivity index (χ0n) is 9.19. The first-order chi connectivity index (χ1) is 6.74. The third-order valence-corrected chi connectivity index (χ3v) is 2.14. The number of likely N-dealkylation sites (N-methyl/N-ethyl adjacent to an activating group) is 2. The van der Waals surface area contributed by atoms with Crippen molar-refractivity contribution in [3.05, 3.63) is 12.2 Å². The van der Waals surface area contributed by atoms with Crippen molar-refractivity contribution in [2.45, 2.75) is 13.5 Å². The second-order valence-electron chi connectivity index (χ2n) is 3.39. The van der Waals surface area contributed by atoms with E-state index in [1.165, 1.54) is 0 Å². The lowest BCUT2D eigenvalue weighted by Gasteiger charge is -2.15. The summed E-state index contributed by atoms with van der Waals surface area (Å²) in [4.78, 5) is 6.40. The lowest BCUT2D eigenvalue weighted by atomic mass is 10.4. The highest BCUT2D eigenvalue weighted by atomic mass is 15.3. The van der Waals surface area contributed by atoms with Crippen molar-refractivity contribution in [1.82, 2.24) is 25.0 Å². The van der Waals surface area contributed by atoms with Gasteiger partial charge in [0.2, 0.25) is 0 Å². The fraction of sp³-hybridized carbons (Fsp3) is 0.778. The molecule has 0 aliphatic rings. The quantitative estimate of drug-likeness (QED) is 0.645. The molecule has 0 aliphatic heterocycles. The van der Waals surface area contributed by atoms with Crippen LogP contribution in [0.15, 0.2) is 6.33 Å². The third-order valence-electron chi connectivity index (χ3n) is 2.14. The predicted molar refractivity (Wildman–Crippen MR) is 55.9 cm³/mol. The summed E-state index contributed by atoms with van der Waals surface area (Å²) < 4.78 is 1.81. The van der Waals surface area contributed by atoms with Gasteiger partial charge in [0, 0.05) is 20.1 Å². The Morgan fingerprint density at radius 3 is 2.93 bits per heavy atom. The van der Waals surface area contributed by atoms with Crippen LogP contribution in [0.1, 0.15) is 12.7 Å². The molecule has 0 unspecified atom stereocenters. The minimum Gasteiger partial charge on any atom is -0.316 e. The van der Waals surface area contributed by atoms with Crippen molar-refractivity contribution in [3.63, 3.8) is 0 Å². The number of hydrogen-bond donors (Lipinski definition) is 1. The molecule has 1 rings (SSSR count). The fourth-order valence-electron chi connectivity index (χ4n) is 1.23. The second kappa shape index (κ2) is 5.72. The lowest BCUT2D eigenvalue weighted by Crippen LogP contribution is -2.29. The molecule has 1 N–H and O–H groups in total. The Labute approximate surface area is 85.1 Å². The monoisotopic (exact) mass is 197 g/mol. The van der Waals surface area contributed by atoms with E-state index in [9.17, 15) is 0 Å². The van der Waals surface area contributed by atoms with Crippen LogP contribution in [0.2, 0.25) is 0 Å². The van der Waals surface area contributed by atoms with Crippen LogP contribution in [0.3, 0.4) is 0 Å². The summed E-state index contributed by atoms with van der Waals surface area (Å²) in [5.41, 5.74) is 0. The van der Waals surface area contributed by atoms with Crippen molar-refractivity contribution in [2.24, 2.45) is 7.05 Å². The molecule has 5 heteroatoms. The SMILES string of the molecule is CCNCCN(C)Cc1ncnn1C. The minimum absolute atomic E-state index is 0.849. The summed E-state index contributed by atoms with van der Waals surface area (Å²) in [6.07, 6.45) is 1.59. The Morgan fingerprint density at radius 1 is 1.57 bits per heavy atom. The average molecular weight is 197 g/mol. The molecule has 1 heterocycles. The Balaban J connectivity index is 2.27. The molecule has 80 valence electrons. The van der Waals surface area contributed by atoms with Crippen molar-refractivity contribution >= 4 is 0 Å². The first-order valence-electron chi connectivity index (χ1n) is 4.96. The van der Waals surface area contributed by atoms with Crippen LogP contribution in [0.5, 0.6) is 0 Å². The standard InChI is InChI=1S/C9H19N5/c1-4-10-5-6-13(2)7-9-11-8-12-14(9)3/h8,10H,4-7H2,1-3H3. The van der Waals surface area contributed by atoms with E-state index in [-0.39, 0.29) is 0 Å². The molecular formula is C9H19N5. The average Bonchev–Trinajstić information content (AvgIpc) is 2.52. The van der Waals surface area contributed by atoms with E-state index in [1.54, 1.807) is 6.33 Å². The molecule has 0 aliphatic carbocycles. The zero-order chi connectivity index (χ0) is 10.4. The summed E-state index contributed by atoms with van der Waals surface area (Å²) in [6, 6.07) is 0. The van der Waals surface area contributed by atoms with Crippen molar-refractivity contribution < 1.29 is 0 Å². The van der Waals surface area contributed by atoms with Crippen LogP contribution in [-0.2, 0) is 13.6 Å². The lowest BCUT2D eigenvalue weighted by molar-refractivity contribution is 0.312. The Morgan fingerprint density at radius 2 is 2.36 bits per heavy atom. The van der Waals surface area contributed by atoms with E-state index in [0.717, 1.165) is 32.0 Å². The zero-order valence-corrected chi connectivity index (χ0v) is 9.19. The van der Waals surface area contributed by atoms with E-state index in [0.29, 0.717) is 0 Å². The normalized spacial score (nSPS) is 11.1. The van der Waals surface area contributed by atoms with E-state index < -0.39 is 0 Å². The van der Waals surface area contributed by atoms with Gasteiger partial charge in [-0.2, -0.15) is 5.10 Å². The molecule has 0 bridgehead atoms. The van der Waals surface area contributed by atoms with Crippen LogP contribution in [0.25, 0.3) is 0 Å². The van der Waals surface area contributed by atoms with Gasteiger partial charge in [-0.15, -0.1) is 0 Å². The van der Waals surface area contributed by atoms with Crippen molar-refractivity contribution in [2.75, 3.05) is 26.7 Å². The van der Waals surface area contributed by atoms with Gasteiger partial charge in [0.05, 0.1) is 6.54 Å². The smallest absolute Gasteiger partial charge is 0.140 e. The number of hydrogen-bond acceptors (Lipinski definition) is 4. The van der Waals surface area contributed by atoms with E-state index >= 15 is 0 Å². The maximum absolute atomic E-state index is 4.17. The second-order valence-corrected chi connectivity index (χ2v) is 3.39.